The molecule has 0 spiro atoms. The fourth-order valence-electron chi connectivity index (χ4n) is 4.34. The van der Waals surface area contributed by atoms with Gasteiger partial charge in [-0.3, -0.25) is 9.36 Å². The molecule has 39 heavy (non-hydrogen) atoms. The average molecular weight is 721 g/mol. The number of esters is 1. The van der Waals surface area contributed by atoms with Gasteiger partial charge in [0.05, 0.1) is 47.1 Å². The number of furan rings is 1. The van der Waals surface area contributed by atoms with Gasteiger partial charge in [-0.1, -0.05) is 47.7 Å². The highest BCUT2D eigenvalue weighted by Gasteiger charge is 2.35. The van der Waals surface area contributed by atoms with Crippen LogP contribution >= 0.6 is 49.9 Å². The number of rotatable bonds is 7. The average Bonchev–Trinajstić information content (AvgIpc) is 3.44. The molecule has 0 saturated carbocycles. The smallest absolute Gasteiger partial charge is 0.338 e. The van der Waals surface area contributed by atoms with E-state index in [-0.39, 0.29) is 17.7 Å². The Morgan fingerprint density at radius 3 is 2.54 bits per heavy atom. The summed E-state index contributed by atoms with van der Waals surface area (Å²) in [5.74, 6) is 0.955. The van der Waals surface area contributed by atoms with E-state index in [0.717, 1.165) is 10.0 Å². The number of fused-ring (bicyclic) bond motifs is 1. The topological polar surface area (TPSA) is 92.3 Å². The molecule has 2 aromatic heterocycles. The van der Waals surface area contributed by atoms with Crippen LogP contribution in [0.1, 0.15) is 29.9 Å². The molecular weight excluding hydrogens is 699 g/mol. The Labute approximate surface area is 249 Å². The zero-order valence-corrected chi connectivity index (χ0v) is 25.6. The molecule has 0 fully saturated rings. The first kappa shape index (κ1) is 27.4. The van der Waals surface area contributed by atoms with Crippen LogP contribution in [-0.4, -0.2) is 31.4 Å². The van der Waals surface area contributed by atoms with Gasteiger partial charge in [0.1, 0.15) is 5.76 Å². The van der Waals surface area contributed by atoms with Crippen LogP contribution < -0.4 is 24.4 Å². The van der Waals surface area contributed by atoms with Crippen LogP contribution in [0.25, 0.3) is 11.8 Å². The van der Waals surface area contributed by atoms with Gasteiger partial charge in [-0.05, 0) is 46.6 Å². The molecule has 0 aliphatic carbocycles. The largest absolute Gasteiger partial charge is 0.493 e. The summed E-state index contributed by atoms with van der Waals surface area (Å²) in [6, 6.07) is 15.7. The highest BCUT2D eigenvalue weighted by Crippen LogP contribution is 2.38. The van der Waals surface area contributed by atoms with Crippen molar-refractivity contribution in [1.82, 2.24) is 4.57 Å². The second kappa shape index (κ2) is 11.5. The van der Waals surface area contributed by atoms with Gasteiger partial charge in [0.2, 0.25) is 0 Å². The maximum Gasteiger partial charge on any atom is 0.338 e. The van der Waals surface area contributed by atoms with Gasteiger partial charge in [0.25, 0.3) is 5.56 Å². The molecule has 5 rings (SSSR count). The third-order valence-corrected chi connectivity index (χ3v) is 9.15. The monoisotopic (exact) mass is 720 g/mol. The summed E-state index contributed by atoms with van der Waals surface area (Å²) in [4.78, 5) is 32.8. The van der Waals surface area contributed by atoms with E-state index in [1.165, 1.54) is 23.0 Å². The van der Waals surface area contributed by atoms with Gasteiger partial charge in [-0.2, -0.15) is 0 Å². The van der Waals surface area contributed by atoms with E-state index in [1.807, 2.05) is 36.4 Å². The lowest BCUT2D eigenvalue weighted by Crippen LogP contribution is -2.40. The predicted octanol–water partition coefficient (Wildman–Crippen LogP) is 4.91. The van der Waals surface area contributed by atoms with E-state index in [0.29, 0.717) is 41.6 Å². The number of benzene rings is 2. The van der Waals surface area contributed by atoms with Crippen molar-refractivity contribution >= 4 is 67.6 Å². The van der Waals surface area contributed by atoms with Gasteiger partial charge in [0, 0.05) is 34.2 Å². The van der Waals surface area contributed by atoms with Gasteiger partial charge < -0.3 is 18.6 Å². The lowest BCUT2D eigenvalue weighted by Gasteiger charge is -2.26. The van der Waals surface area contributed by atoms with Crippen LogP contribution in [0.15, 0.2) is 78.8 Å². The Bertz CT molecular complexity index is 1750. The van der Waals surface area contributed by atoms with E-state index in [4.69, 9.17) is 23.6 Å². The molecule has 8 nitrogen and oxygen atoms in total. The number of halogens is 2. The Balaban J connectivity index is 1.84. The lowest BCUT2D eigenvalue weighted by atomic mass is 9.93. The molecule has 0 unspecified atom stereocenters. The third-order valence-electron chi connectivity index (χ3n) is 6.03. The van der Waals surface area contributed by atoms with Crippen molar-refractivity contribution in [3.63, 3.8) is 0 Å². The Morgan fingerprint density at radius 1 is 1.15 bits per heavy atom. The number of aromatic nitrogens is 1. The fourth-order valence-corrected chi connectivity index (χ4v) is 6.04. The fraction of sp³-hybridized carbons (Fsp3) is 0.179. The second-order valence-electron chi connectivity index (χ2n) is 8.32. The zero-order valence-electron chi connectivity index (χ0n) is 21.1. The minimum Gasteiger partial charge on any atom is -0.493 e. The van der Waals surface area contributed by atoms with Gasteiger partial charge in [-0.25, -0.2) is 9.79 Å². The summed E-state index contributed by atoms with van der Waals surface area (Å²) in [6.45, 7) is 1.91. The summed E-state index contributed by atoms with van der Waals surface area (Å²) < 4.78 is 25.6. The summed E-state index contributed by atoms with van der Waals surface area (Å²) in [6.07, 6.45) is 1.68. The number of methoxy groups -OCH3 is 2. The van der Waals surface area contributed by atoms with Gasteiger partial charge >= 0.3 is 5.97 Å². The molecule has 11 heteroatoms. The normalized spacial score (nSPS) is 15.1. The van der Waals surface area contributed by atoms with Crippen molar-refractivity contribution in [2.75, 3.05) is 20.8 Å². The number of carbonyl (C=O) groups is 1. The predicted molar refractivity (Wildman–Crippen MR) is 160 cm³/mol. The molecule has 0 radical (unpaired) electrons. The van der Waals surface area contributed by atoms with Gasteiger partial charge in [0.15, 0.2) is 20.1 Å². The van der Waals surface area contributed by atoms with Crippen LogP contribution in [0, 0.1) is 3.77 Å². The summed E-state index contributed by atoms with van der Waals surface area (Å²) in [5, 5.41) is 0. The van der Waals surface area contributed by atoms with Crippen molar-refractivity contribution < 1.29 is 23.4 Å². The first-order valence-corrected chi connectivity index (χ1v) is 14.5. The molecule has 0 amide bonds. The number of nitrogens with zero attached hydrogens (tertiary/aromatic N) is 2. The number of carbonyl (C=O) groups excluding carboxylic acids is 1. The van der Waals surface area contributed by atoms with Crippen molar-refractivity contribution in [2.24, 2.45) is 4.99 Å². The van der Waals surface area contributed by atoms with Crippen molar-refractivity contribution in [1.29, 1.82) is 0 Å². The minimum atomic E-state index is -0.832. The Hall–Kier alpha value is -3.16. The van der Waals surface area contributed by atoms with Gasteiger partial charge in [-0.15, -0.1) is 0 Å². The molecule has 3 heterocycles. The number of thiazole rings is 1. The van der Waals surface area contributed by atoms with E-state index in [2.05, 4.69) is 38.5 Å². The van der Waals surface area contributed by atoms with E-state index in [1.54, 1.807) is 38.3 Å². The maximum atomic E-state index is 13.9. The second-order valence-corrected chi connectivity index (χ2v) is 11.2. The van der Waals surface area contributed by atoms with Crippen LogP contribution in [0.2, 0.25) is 0 Å². The van der Waals surface area contributed by atoms with Crippen LogP contribution in [0.3, 0.4) is 0 Å². The number of hydrogen-bond acceptors (Lipinski definition) is 8. The zero-order chi connectivity index (χ0) is 27.7. The molecular formula is C28H22BrIN2O6S. The summed E-state index contributed by atoms with van der Waals surface area (Å²) in [5.41, 5.74) is 1.76. The van der Waals surface area contributed by atoms with Crippen LogP contribution in [0.4, 0.5) is 0 Å². The van der Waals surface area contributed by atoms with Crippen LogP contribution in [-0.2, 0) is 9.53 Å². The minimum absolute atomic E-state index is 0.166. The van der Waals surface area contributed by atoms with Crippen molar-refractivity contribution in [2.45, 2.75) is 13.0 Å². The van der Waals surface area contributed by atoms with Crippen molar-refractivity contribution in [3.05, 3.63) is 105 Å². The maximum absolute atomic E-state index is 13.9. The van der Waals surface area contributed by atoms with E-state index < -0.39 is 12.0 Å². The van der Waals surface area contributed by atoms with Crippen LogP contribution in [0.5, 0.6) is 11.5 Å². The molecule has 1 aliphatic rings. The summed E-state index contributed by atoms with van der Waals surface area (Å²) in [7, 11) is 3.08. The van der Waals surface area contributed by atoms with E-state index in [9.17, 15) is 9.59 Å². The highest BCUT2D eigenvalue weighted by atomic mass is 127. The summed E-state index contributed by atoms with van der Waals surface area (Å²) >= 11 is 6.74. The number of ether oxygens (including phenoxy) is 3. The lowest BCUT2D eigenvalue weighted by molar-refractivity contribution is -0.138. The molecule has 0 bridgehead atoms. The quantitative estimate of drug-likeness (QED) is 0.199. The standard InChI is InChI=1S/C28H22BrIN2O6S/c1-4-37-27(34)22-23(15-8-6-5-7-9-15)31-28-32(24(22)16-10-11-19(35-2)20(12-16)36-3)26(33)21(39-28)14-17-13-18(29)25(30)38-17/h5-14,24H,4H2,1-3H3/b21-14+/t24-/m0/s1. The highest BCUT2D eigenvalue weighted by molar-refractivity contribution is 14.1. The third kappa shape index (κ3) is 5.22. The Kier molecular flexibility index (Phi) is 8.10. The Morgan fingerprint density at radius 2 is 1.90 bits per heavy atom. The van der Waals surface area contributed by atoms with Crippen molar-refractivity contribution in [3.8, 4) is 11.5 Å². The molecule has 1 atom stereocenters. The first-order chi connectivity index (χ1) is 18.9. The molecule has 0 N–H and O–H groups in total. The molecule has 200 valence electrons. The van der Waals surface area contributed by atoms with E-state index >= 15 is 0 Å². The SMILES string of the molecule is CCOC(=O)C1=C(c2ccccc2)N=c2s/c(=C/c3cc(Br)c(I)o3)c(=O)n2[C@H]1c1ccc(OC)c(OC)c1. The molecule has 1 aliphatic heterocycles. The molecule has 0 saturated heterocycles. The first-order valence-electron chi connectivity index (χ1n) is 11.8. The molecule has 2 aromatic carbocycles. The molecule has 4 aromatic rings. The number of hydrogen-bond donors (Lipinski definition) is 0.